The van der Waals surface area contributed by atoms with Gasteiger partial charge in [-0.3, -0.25) is 9.59 Å². The van der Waals surface area contributed by atoms with E-state index < -0.39 is 0 Å². The van der Waals surface area contributed by atoms with Crippen LogP contribution in [0.3, 0.4) is 0 Å². The molecule has 17 heteroatoms. The molecule has 0 saturated heterocycles. The van der Waals surface area contributed by atoms with Crippen LogP contribution in [0.15, 0.2) is 433 Å². The highest BCUT2D eigenvalue weighted by molar-refractivity contribution is 5.95. The first kappa shape index (κ1) is 111. The van der Waals surface area contributed by atoms with Crippen LogP contribution in [0.5, 0.6) is 28.7 Å². The van der Waals surface area contributed by atoms with Crippen molar-refractivity contribution >= 4 is 68.6 Å². The van der Waals surface area contributed by atoms with E-state index in [1.54, 1.807) is 31.2 Å². The van der Waals surface area contributed by atoms with Crippen molar-refractivity contribution in [1.29, 1.82) is 0 Å². The van der Waals surface area contributed by atoms with Gasteiger partial charge in [-0.15, -0.1) is 0 Å². The number of benzene rings is 15. The summed E-state index contributed by atoms with van der Waals surface area (Å²) in [7, 11) is 0. The molecule has 17 nitrogen and oxygen atoms in total. The molecule has 0 aliphatic carbocycles. The molecule has 15 rings (SSSR count). The van der Waals surface area contributed by atoms with Crippen LogP contribution >= 0.6 is 0 Å². The van der Waals surface area contributed by atoms with E-state index in [1.807, 2.05) is 275 Å². The normalized spacial score (nSPS) is 11.8. The quantitative estimate of drug-likeness (QED) is 0.0119. The number of unbranched alkanes of at least 4 members (excludes halogenated alkanes) is 6. The van der Waals surface area contributed by atoms with E-state index in [1.165, 1.54) is 122 Å². The standard InChI is InChI=1S/C28H32N2O2.C27H32N2O.C26H30N2O.C24H24N2O2.C24H26N2O/c1-4-6-8-22(5-2)20-32-28-17-15-27(16-18-28)30-29-26-13-11-23(12-14-26)25-10-7-9-24(19-25)21(3)31;1-4-6-9-22(5-2)20-30-27-17-15-26(16-18-27)29-28-25-13-11-23(12-14-25)24-10-7-8-21(3)19-24;1-3-5-9-21(4-2)20-29-26-18-16-25(17-19-26)28-27-24-14-12-23(13-15-24)22-10-7-6-8-11-22;1-3-18(4-2)24(27)28-23-16-14-22(15-17-23)26-25-21-12-10-20(11-13-21)19-8-6-5-7-9-19;1-2-3-4-8-19-27-24-17-15-23(16-18-24)26-25-22-13-11-21(12-14-22)20-9-6-5-7-10-20/h7,9-19,22H,4-6,8,20H2,1-3H3;7-8,10-19,22H,4-6,9,20H2,1-3H3;6-8,10-19,21H,3-5,9,20H2,1-2H3;5-18H,3-4H2,1-2H3;5-7,9-18H,2-4,8,19H2,1H3. The van der Waals surface area contributed by atoms with E-state index in [0.29, 0.717) is 34.8 Å². The maximum Gasteiger partial charge on any atom is 0.314 e. The molecule has 0 aromatic heterocycles. The topological polar surface area (TPSA) is 204 Å². The SMILES string of the molecule is CCC(CC)C(=O)Oc1ccc(N=Nc2ccc(-c3ccccc3)cc2)cc1.CCCCC(CC)COc1ccc(N=Nc2ccc(-c3cccc(C(C)=O)c3)cc2)cc1.CCCCC(CC)COc1ccc(N=Nc2ccc(-c3cccc(C)c3)cc2)cc1.CCCCC(CC)COc1ccc(N=Nc2ccc(-c3ccccc3)cc2)cc1.CCCCCCOc1ccc(N=Nc2ccc(-c3ccccc3)cc2)cc1. The Kier molecular flexibility index (Phi) is 48.4. The summed E-state index contributed by atoms with van der Waals surface area (Å²) in [6.45, 7) is 26.4. The highest BCUT2D eigenvalue weighted by atomic mass is 16.5. The van der Waals surface area contributed by atoms with Crippen molar-refractivity contribution < 1.29 is 33.3 Å². The molecule has 0 bridgehead atoms. The minimum absolute atomic E-state index is 0.0572. The van der Waals surface area contributed by atoms with Gasteiger partial charge < -0.3 is 23.7 Å². The van der Waals surface area contributed by atoms with Crippen molar-refractivity contribution in [2.24, 2.45) is 74.8 Å². The molecule has 752 valence electrons. The van der Waals surface area contributed by atoms with Gasteiger partial charge in [0, 0.05) is 5.56 Å². The van der Waals surface area contributed by atoms with Gasteiger partial charge >= 0.3 is 5.97 Å². The third kappa shape index (κ3) is 39.7. The van der Waals surface area contributed by atoms with Crippen molar-refractivity contribution in [3.63, 3.8) is 0 Å². The summed E-state index contributed by atoms with van der Waals surface area (Å²) in [5.41, 5.74) is 21.5. The molecule has 3 unspecified atom stereocenters. The molecule has 0 N–H and O–H groups in total. The van der Waals surface area contributed by atoms with Crippen molar-refractivity contribution in [3.05, 3.63) is 393 Å². The van der Waals surface area contributed by atoms with Crippen LogP contribution in [0.25, 0.3) is 55.6 Å². The third-order valence-electron chi connectivity index (χ3n) is 25.1. The number of hydrogen-bond acceptors (Lipinski definition) is 17. The number of rotatable bonds is 47. The van der Waals surface area contributed by atoms with Gasteiger partial charge in [-0.05, 0) is 314 Å². The van der Waals surface area contributed by atoms with Gasteiger partial charge in [0.1, 0.15) is 28.7 Å². The van der Waals surface area contributed by atoms with Gasteiger partial charge in [0.2, 0.25) is 0 Å². The average Bonchev–Trinajstić information content (AvgIpc) is 0.827. The second-order valence-electron chi connectivity index (χ2n) is 36.3. The van der Waals surface area contributed by atoms with Crippen LogP contribution in [0.4, 0.5) is 56.9 Å². The number of nitrogens with zero attached hydrogens (tertiary/aromatic N) is 10. The van der Waals surface area contributed by atoms with E-state index in [9.17, 15) is 9.59 Å². The highest BCUT2D eigenvalue weighted by Gasteiger charge is 2.18. The van der Waals surface area contributed by atoms with Crippen molar-refractivity contribution in [3.8, 4) is 84.4 Å². The van der Waals surface area contributed by atoms with Crippen molar-refractivity contribution in [2.45, 2.75) is 192 Å². The summed E-state index contributed by atoms with van der Waals surface area (Å²) >= 11 is 0. The third-order valence-corrected chi connectivity index (χ3v) is 25.1. The molecule has 0 aliphatic rings. The first-order valence-corrected chi connectivity index (χ1v) is 52.3. The number of ether oxygens (including phenoxy) is 5. The Balaban J connectivity index is 0.000000174. The monoisotopic (exact) mass is 1950 g/mol. The average molecular weight is 1950 g/mol. The van der Waals surface area contributed by atoms with Crippen LogP contribution < -0.4 is 23.7 Å². The van der Waals surface area contributed by atoms with E-state index in [0.717, 1.165) is 156 Å². The molecule has 0 radical (unpaired) electrons. The molecule has 0 amide bonds. The number of hydrogen-bond donors (Lipinski definition) is 0. The minimum Gasteiger partial charge on any atom is -0.494 e. The zero-order chi connectivity index (χ0) is 103. The Hall–Kier alpha value is -15.4. The van der Waals surface area contributed by atoms with Crippen LogP contribution in [-0.2, 0) is 4.79 Å². The molecule has 15 aromatic rings. The van der Waals surface area contributed by atoms with E-state index in [2.05, 4.69) is 204 Å². The Bertz CT molecular complexity index is 6390. The Morgan fingerprint density at radius 1 is 0.233 bits per heavy atom. The van der Waals surface area contributed by atoms with Gasteiger partial charge in [-0.25, -0.2) is 0 Å². The van der Waals surface area contributed by atoms with Crippen LogP contribution in [0.1, 0.15) is 201 Å². The van der Waals surface area contributed by atoms with E-state index in [-0.39, 0.29) is 17.7 Å². The number of carbonyl (C=O) groups excluding carboxylic acids is 2. The molecule has 15 aromatic carbocycles. The molecular weight excluding hydrogens is 1800 g/mol. The lowest BCUT2D eigenvalue weighted by atomic mass is 10.0. The number of ketones is 1. The largest absolute Gasteiger partial charge is 0.494 e. The lowest BCUT2D eigenvalue weighted by Crippen LogP contribution is -2.19. The van der Waals surface area contributed by atoms with Gasteiger partial charge in [-0.1, -0.05) is 339 Å². The summed E-state index contributed by atoms with van der Waals surface area (Å²) in [4.78, 5) is 23.6. The molecule has 0 fully saturated rings. The van der Waals surface area contributed by atoms with Gasteiger partial charge in [0.15, 0.2) is 5.78 Å². The van der Waals surface area contributed by atoms with Crippen molar-refractivity contribution in [2.75, 3.05) is 26.4 Å². The zero-order valence-corrected chi connectivity index (χ0v) is 87.1. The fourth-order valence-electron chi connectivity index (χ4n) is 15.7. The summed E-state index contributed by atoms with van der Waals surface area (Å²) in [5.74, 6) is 5.78. The predicted molar refractivity (Wildman–Crippen MR) is 603 cm³/mol. The molecule has 0 saturated carbocycles. The number of carbonyl (C=O) groups is 2. The lowest BCUT2D eigenvalue weighted by Gasteiger charge is -2.15. The second kappa shape index (κ2) is 63.6. The lowest BCUT2D eigenvalue weighted by molar-refractivity contribution is -0.139. The van der Waals surface area contributed by atoms with Crippen molar-refractivity contribution in [1.82, 2.24) is 0 Å². The van der Waals surface area contributed by atoms with E-state index in [4.69, 9.17) is 23.7 Å². The Morgan fingerprint density at radius 3 is 0.747 bits per heavy atom. The second-order valence-corrected chi connectivity index (χ2v) is 36.3. The van der Waals surface area contributed by atoms with Gasteiger partial charge in [0.05, 0.1) is 89.2 Å². The Morgan fingerprint density at radius 2 is 0.479 bits per heavy atom. The van der Waals surface area contributed by atoms with E-state index >= 15 is 0 Å². The first-order chi connectivity index (χ1) is 71.6. The zero-order valence-electron chi connectivity index (χ0n) is 87.1. The smallest absolute Gasteiger partial charge is 0.314 e. The predicted octanol–water partition coefficient (Wildman–Crippen LogP) is 40.4. The molecule has 3 atom stereocenters. The maximum atomic E-state index is 12.0. The number of Topliss-reactive ketones (excluding diaryl/α,β-unsaturated/α-hetero) is 1. The minimum atomic E-state index is -0.183. The van der Waals surface area contributed by atoms with Crippen LogP contribution in [0.2, 0.25) is 0 Å². The fourth-order valence-corrected chi connectivity index (χ4v) is 15.7. The summed E-state index contributed by atoms with van der Waals surface area (Å²) in [6.07, 6.45) is 21.1. The molecule has 0 aliphatic heterocycles. The molecular formula is C129H144N10O7. The first-order valence-electron chi connectivity index (χ1n) is 52.3. The van der Waals surface area contributed by atoms with Crippen LogP contribution in [0, 0.1) is 30.6 Å². The summed E-state index contributed by atoms with van der Waals surface area (Å²) in [5, 5.41) is 43.2. The number of aryl methyl sites for hydroxylation is 1. The molecule has 146 heavy (non-hydrogen) atoms. The Labute approximate surface area is 867 Å². The number of azo groups is 5. The molecule has 0 heterocycles. The van der Waals surface area contributed by atoms with Gasteiger partial charge in [-0.2, -0.15) is 51.1 Å². The van der Waals surface area contributed by atoms with Gasteiger partial charge in [0.25, 0.3) is 0 Å². The fraction of sp³-hybridized carbons (Fsp3) is 0.287. The molecule has 0 spiro atoms. The maximum absolute atomic E-state index is 12.0. The highest BCUT2D eigenvalue weighted by Crippen LogP contribution is 2.35. The summed E-state index contributed by atoms with van der Waals surface area (Å²) in [6, 6.07) is 125. The summed E-state index contributed by atoms with van der Waals surface area (Å²) < 4.78 is 29.1. The number of esters is 1. The van der Waals surface area contributed by atoms with Crippen LogP contribution in [-0.4, -0.2) is 38.2 Å².